The third kappa shape index (κ3) is 3.39. The molecule has 0 saturated carbocycles. The fraction of sp³-hybridized carbons (Fsp3) is 0.174. The highest BCUT2D eigenvalue weighted by Crippen LogP contribution is 2.23. The molecule has 0 saturated heterocycles. The predicted octanol–water partition coefficient (Wildman–Crippen LogP) is 5.03. The zero-order chi connectivity index (χ0) is 17.9. The maximum absolute atomic E-state index is 5.30. The lowest BCUT2D eigenvalue weighted by Gasteiger charge is -2.18. The molecule has 1 aromatic heterocycles. The van der Waals surface area contributed by atoms with Crippen molar-refractivity contribution < 1.29 is 4.74 Å². The van der Waals surface area contributed by atoms with E-state index in [1.54, 1.807) is 7.11 Å². The summed E-state index contributed by atoms with van der Waals surface area (Å²) < 4.78 is 5.30. The van der Waals surface area contributed by atoms with Crippen LogP contribution in [0.5, 0.6) is 5.75 Å². The summed E-state index contributed by atoms with van der Waals surface area (Å²) in [5, 5.41) is 3.63. The number of para-hydroxylation sites is 1. The summed E-state index contributed by atoms with van der Waals surface area (Å²) in [5.41, 5.74) is 3.65. The summed E-state index contributed by atoms with van der Waals surface area (Å²) in [6, 6.07) is 23.3. The molecule has 0 atom stereocenters. The second-order valence-corrected chi connectivity index (χ2v) is 6.71. The number of aromatic nitrogens is 1. The van der Waals surface area contributed by atoms with Gasteiger partial charge in [-0.25, -0.2) is 0 Å². The van der Waals surface area contributed by atoms with E-state index in [2.05, 4.69) is 71.5 Å². The van der Waals surface area contributed by atoms with Gasteiger partial charge in [0.05, 0.1) is 12.6 Å². The van der Waals surface area contributed by atoms with Crippen molar-refractivity contribution in [2.75, 3.05) is 14.2 Å². The molecule has 0 N–H and O–H groups in total. The molecular formula is C23H22N2O. The van der Waals surface area contributed by atoms with Crippen molar-refractivity contribution in [2.24, 2.45) is 0 Å². The fourth-order valence-electron chi connectivity index (χ4n) is 3.45. The molecule has 0 amide bonds. The Morgan fingerprint density at radius 2 is 1.65 bits per heavy atom. The van der Waals surface area contributed by atoms with E-state index < -0.39 is 0 Å². The van der Waals surface area contributed by atoms with Crippen LogP contribution in [0.2, 0.25) is 0 Å². The zero-order valence-electron chi connectivity index (χ0n) is 15.1. The highest BCUT2D eigenvalue weighted by Gasteiger charge is 2.07. The minimum atomic E-state index is 0.870. The van der Waals surface area contributed by atoms with Gasteiger partial charge in [0, 0.05) is 24.7 Å². The van der Waals surface area contributed by atoms with Crippen LogP contribution in [0, 0.1) is 0 Å². The molecule has 0 spiro atoms. The van der Waals surface area contributed by atoms with Crippen molar-refractivity contribution in [1.82, 2.24) is 9.88 Å². The normalized spacial score (nSPS) is 11.3. The Morgan fingerprint density at radius 3 is 2.54 bits per heavy atom. The van der Waals surface area contributed by atoms with E-state index in [0.29, 0.717) is 0 Å². The van der Waals surface area contributed by atoms with Crippen LogP contribution in [0.25, 0.3) is 21.7 Å². The second-order valence-electron chi connectivity index (χ2n) is 6.71. The minimum Gasteiger partial charge on any atom is -0.497 e. The number of benzene rings is 3. The van der Waals surface area contributed by atoms with Gasteiger partial charge in [-0.2, -0.15) is 0 Å². The lowest BCUT2D eigenvalue weighted by molar-refractivity contribution is 0.320. The molecule has 4 aromatic rings. The molecule has 0 radical (unpaired) electrons. The molecule has 0 fully saturated rings. The van der Waals surface area contributed by atoms with Gasteiger partial charge in [0.15, 0.2) is 0 Å². The minimum absolute atomic E-state index is 0.870. The summed E-state index contributed by atoms with van der Waals surface area (Å²) in [6.07, 6.45) is 1.86. The summed E-state index contributed by atoms with van der Waals surface area (Å²) >= 11 is 0. The van der Waals surface area contributed by atoms with Gasteiger partial charge in [0.1, 0.15) is 5.75 Å². The first-order chi connectivity index (χ1) is 12.7. The average molecular weight is 342 g/mol. The van der Waals surface area contributed by atoms with Crippen molar-refractivity contribution in [2.45, 2.75) is 13.1 Å². The van der Waals surface area contributed by atoms with Crippen LogP contribution in [0.1, 0.15) is 11.1 Å². The lowest BCUT2D eigenvalue weighted by Crippen LogP contribution is -2.17. The van der Waals surface area contributed by atoms with E-state index in [9.17, 15) is 0 Å². The van der Waals surface area contributed by atoms with Gasteiger partial charge in [0.25, 0.3) is 0 Å². The van der Waals surface area contributed by atoms with E-state index in [0.717, 1.165) is 24.4 Å². The Morgan fingerprint density at radius 1 is 0.846 bits per heavy atom. The zero-order valence-corrected chi connectivity index (χ0v) is 15.1. The Labute approximate surface area is 153 Å². The van der Waals surface area contributed by atoms with Crippen LogP contribution in [-0.2, 0) is 13.1 Å². The molecule has 4 rings (SSSR count). The highest BCUT2D eigenvalue weighted by atomic mass is 16.5. The number of fused-ring (bicyclic) bond motifs is 2. The van der Waals surface area contributed by atoms with Gasteiger partial charge in [-0.15, -0.1) is 0 Å². The second kappa shape index (κ2) is 7.14. The molecule has 26 heavy (non-hydrogen) atoms. The number of ether oxygens (including phenoxy) is 1. The monoisotopic (exact) mass is 342 g/mol. The van der Waals surface area contributed by atoms with Crippen molar-refractivity contribution in [3.63, 3.8) is 0 Å². The molecule has 130 valence electrons. The molecule has 0 aliphatic heterocycles. The topological polar surface area (TPSA) is 25.4 Å². The summed E-state index contributed by atoms with van der Waals surface area (Å²) in [6.45, 7) is 1.76. The van der Waals surface area contributed by atoms with E-state index in [1.807, 2.05) is 18.3 Å². The van der Waals surface area contributed by atoms with E-state index in [-0.39, 0.29) is 0 Å². The van der Waals surface area contributed by atoms with Crippen LogP contribution in [0.3, 0.4) is 0 Å². The Kier molecular flexibility index (Phi) is 4.55. The van der Waals surface area contributed by atoms with Crippen molar-refractivity contribution in [1.29, 1.82) is 0 Å². The van der Waals surface area contributed by atoms with Crippen LogP contribution in [-0.4, -0.2) is 24.0 Å². The standard InChI is InChI=1S/C23H22N2O/c1-25(16-21-6-3-5-18-7-4-12-24-23(18)21)15-17-8-9-20-14-22(26-2)11-10-19(20)13-17/h3-14H,15-16H2,1-2H3. The SMILES string of the molecule is COc1ccc2cc(CN(C)Cc3cccc4cccnc34)ccc2c1. The average Bonchev–Trinajstić information content (AvgIpc) is 2.68. The number of hydrogen-bond donors (Lipinski definition) is 0. The van der Waals surface area contributed by atoms with Gasteiger partial charge < -0.3 is 4.74 Å². The first-order valence-electron chi connectivity index (χ1n) is 8.81. The van der Waals surface area contributed by atoms with Crippen LogP contribution in [0.15, 0.2) is 72.9 Å². The molecule has 3 heteroatoms. The fourth-order valence-corrected chi connectivity index (χ4v) is 3.45. The van der Waals surface area contributed by atoms with Crippen LogP contribution < -0.4 is 4.74 Å². The Hall–Kier alpha value is -2.91. The molecular weight excluding hydrogens is 320 g/mol. The van der Waals surface area contributed by atoms with Gasteiger partial charge in [0.2, 0.25) is 0 Å². The molecule has 3 aromatic carbocycles. The van der Waals surface area contributed by atoms with Gasteiger partial charge in [-0.1, -0.05) is 42.5 Å². The molecule has 0 aliphatic rings. The highest BCUT2D eigenvalue weighted by molar-refractivity contribution is 5.84. The Bertz CT molecular complexity index is 1050. The van der Waals surface area contributed by atoms with Gasteiger partial charge in [-0.05, 0) is 53.2 Å². The van der Waals surface area contributed by atoms with Gasteiger partial charge in [-0.3, -0.25) is 9.88 Å². The first kappa shape index (κ1) is 16.6. The smallest absolute Gasteiger partial charge is 0.119 e. The molecule has 0 aliphatic carbocycles. The number of nitrogens with zero attached hydrogens (tertiary/aromatic N) is 2. The largest absolute Gasteiger partial charge is 0.497 e. The number of methoxy groups -OCH3 is 1. The van der Waals surface area contributed by atoms with E-state index in [1.165, 1.54) is 27.3 Å². The quantitative estimate of drug-likeness (QED) is 0.509. The maximum atomic E-state index is 5.30. The van der Waals surface area contributed by atoms with E-state index in [4.69, 9.17) is 4.74 Å². The van der Waals surface area contributed by atoms with E-state index >= 15 is 0 Å². The van der Waals surface area contributed by atoms with Crippen molar-refractivity contribution in [3.8, 4) is 5.75 Å². The molecule has 1 heterocycles. The number of rotatable bonds is 5. The lowest BCUT2D eigenvalue weighted by atomic mass is 10.1. The molecule has 0 unspecified atom stereocenters. The Balaban J connectivity index is 1.54. The number of pyridine rings is 1. The predicted molar refractivity (Wildman–Crippen MR) is 107 cm³/mol. The van der Waals surface area contributed by atoms with Crippen molar-refractivity contribution in [3.05, 3.63) is 84.1 Å². The first-order valence-corrected chi connectivity index (χ1v) is 8.81. The summed E-state index contributed by atoms with van der Waals surface area (Å²) in [4.78, 5) is 6.89. The third-order valence-electron chi connectivity index (χ3n) is 4.72. The third-order valence-corrected chi connectivity index (χ3v) is 4.72. The van der Waals surface area contributed by atoms with Crippen LogP contribution in [0.4, 0.5) is 0 Å². The summed E-state index contributed by atoms with van der Waals surface area (Å²) in [7, 11) is 3.85. The molecule has 3 nitrogen and oxygen atoms in total. The maximum Gasteiger partial charge on any atom is 0.119 e. The molecule has 0 bridgehead atoms. The van der Waals surface area contributed by atoms with Gasteiger partial charge >= 0.3 is 0 Å². The van der Waals surface area contributed by atoms with Crippen LogP contribution >= 0.6 is 0 Å². The number of hydrogen-bond acceptors (Lipinski definition) is 3. The summed E-state index contributed by atoms with van der Waals surface area (Å²) in [5.74, 6) is 0.894. The van der Waals surface area contributed by atoms with Crippen molar-refractivity contribution >= 4 is 21.7 Å².